The fraction of sp³-hybridized carbons (Fsp3) is 0.400. The highest BCUT2D eigenvalue weighted by Crippen LogP contribution is 2.24. The summed E-state index contributed by atoms with van der Waals surface area (Å²) in [6.07, 6.45) is 0.986. The van der Waals surface area contributed by atoms with Gasteiger partial charge in [0.05, 0.1) is 0 Å². The molecule has 0 fully saturated rings. The minimum atomic E-state index is -0.0530. The quantitative estimate of drug-likeness (QED) is 0.770. The zero-order chi connectivity index (χ0) is 15.1. The molecule has 2 rings (SSSR count). The van der Waals surface area contributed by atoms with Crippen LogP contribution < -0.4 is 10.6 Å². The Morgan fingerprint density at radius 2 is 1.95 bits per heavy atom. The lowest BCUT2D eigenvalue weighted by Gasteiger charge is -2.18. The van der Waals surface area contributed by atoms with Crippen LogP contribution >= 0.6 is 22.7 Å². The van der Waals surface area contributed by atoms with Crippen molar-refractivity contribution in [3.05, 3.63) is 44.8 Å². The molecule has 1 atom stereocenters. The maximum absolute atomic E-state index is 11.5. The molecule has 0 aromatic carbocycles. The Morgan fingerprint density at radius 1 is 1.19 bits per heavy atom. The van der Waals surface area contributed by atoms with E-state index in [0.717, 1.165) is 13.0 Å². The summed E-state index contributed by atoms with van der Waals surface area (Å²) in [5.74, 6) is 0. The van der Waals surface area contributed by atoms with E-state index in [1.54, 1.807) is 41.7 Å². The lowest BCUT2D eigenvalue weighted by atomic mass is 10.1. The number of urea groups is 1. The molecule has 2 amide bonds. The third-order valence-corrected chi connectivity index (χ3v) is 4.95. The Balaban J connectivity index is 1.84. The van der Waals surface area contributed by atoms with Crippen LogP contribution in [0.1, 0.15) is 15.8 Å². The first kappa shape index (κ1) is 16.0. The monoisotopic (exact) mass is 323 g/mol. The van der Waals surface area contributed by atoms with Crippen molar-refractivity contribution in [2.45, 2.75) is 12.5 Å². The van der Waals surface area contributed by atoms with Gasteiger partial charge in [-0.15, -0.1) is 22.7 Å². The molecule has 2 aromatic heterocycles. The van der Waals surface area contributed by atoms with Crippen molar-refractivity contribution in [1.29, 1.82) is 0 Å². The molecule has 0 radical (unpaired) electrons. The number of nitrogens with zero attached hydrogens (tertiary/aromatic N) is 1. The molecule has 0 aliphatic rings. The summed E-state index contributed by atoms with van der Waals surface area (Å²) in [5.41, 5.74) is 0. The van der Waals surface area contributed by atoms with Gasteiger partial charge in [-0.05, 0) is 22.9 Å². The average molecular weight is 323 g/mol. The summed E-state index contributed by atoms with van der Waals surface area (Å²) in [7, 11) is 3.49. The Morgan fingerprint density at radius 3 is 2.57 bits per heavy atom. The van der Waals surface area contributed by atoms with Gasteiger partial charge in [0.25, 0.3) is 0 Å². The van der Waals surface area contributed by atoms with E-state index in [4.69, 9.17) is 0 Å². The fourth-order valence-corrected chi connectivity index (χ4v) is 3.52. The summed E-state index contributed by atoms with van der Waals surface area (Å²) in [5, 5.41) is 10.6. The van der Waals surface area contributed by atoms with Gasteiger partial charge in [-0.1, -0.05) is 12.1 Å². The standard InChI is InChI=1S/C15H21N3OS2/c1-18(2)15(19)17-8-7-16-13(14-6-4-10-21-14)11-12-5-3-9-20-12/h3-6,9-10,13,16H,7-8,11H2,1-2H3,(H,17,19). The van der Waals surface area contributed by atoms with E-state index in [1.165, 1.54) is 9.75 Å². The molecule has 1 unspecified atom stereocenters. The van der Waals surface area contributed by atoms with Crippen molar-refractivity contribution < 1.29 is 4.79 Å². The van der Waals surface area contributed by atoms with E-state index >= 15 is 0 Å². The SMILES string of the molecule is CN(C)C(=O)NCCNC(Cc1cccs1)c1cccs1. The first-order valence-electron chi connectivity index (χ1n) is 6.91. The minimum absolute atomic E-state index is 0.0530. The van der Waals surface area contributed by atoms with Crippen LogP contribution in [0.5, 0.6) is 0 Å². The molecule has 0 saturated carbocycles. The van der Waals surface area contributed by atoms with E-state index in [-0.39, 0.29) is 6.03 Å². The van der Waals surface area contributed by atoms with Gasteiger partial charge in [0.15, 0.2) is 0 Å². The molecule has 0 aliphatic carbocycles. The van der Waals surface area contributed by atoms with E-state index in [9.17, 15) is 4.79 Å². The van der Waals surface area contributed by atoms with Crippen LogP contribution in [0.2, 0.25) is 0 Å². The van der Waals surface area contributed by atoms with Gasteiger partial charge in [-0.25, -0.2) is 4.79 Å². The van der Waals surface area contributed by atoms with Crippen LogP contribution in [0.3, 0.4) is 0 Å². The first-order valence-corrected chi connectivity index (χ1v) is 8.67. The second-order valence-corrected chi connectivity index (χ2v) is 6.94. The van der Waals surface area contributed by atoms with E-state index in [1.807, 2.05) is 0 Å². The van der Waals surface area contributed by atoms with Gasteiger partial charge < -0.3 is 15.5 Å². The third kappa shape index (κ3) is 5.15. The molecule has 114 valence electrons. The second-order valence-electron chi connectivity index (χ2n) is 4.93. The lowest BCUT2D eigenvalue weighted by Crippen LogP contribution is -2.39. The molecule has 6 heteroatoms. The van der Waals surface area contributed by atoms with E-state index < -0.39 is 0 Å². The number of hydrogen-bond donors (Lipinski definition) is 2. The number of carbonyl (C=O) groups excluding carboxylic acids is 1. The molecule has 21 heavy (non-hydrogen) atoms. The molecule has 2 aromatic rings. The molecule has 4 nitrogen and oxygen atoms in total. The zero-order valence-electron chi connectivity index (χ0n) is 12.3. The zero-order valence-corrected chi connectivity index (χ0v) is 14.0. The number of amides is 2. The summed E-state index contributed by atoms with van der Waals surface area (Å²) in [6.45, 7) is 1.39. The van der Waals surface area contributed by atoms with Crippen molar-refractivity contribution in [3.63, 3.8) is 0 Å². The van der Waals surface area contributed by atoms with Gasteiger partial charge >= 0.3 is 6.03 Å². The molecule has 0 bridgehead atoms. The highest BCUT2D eigenvalue weighted by Gasteiger charge is 2.13. The van der Waals surface area contributed by atoms with Crippen LogP contribution in [0.25, 0.3) is 0 Å². The molecular weight excluding hydrogens is 302 g/mol. The van der Waals surface area contributed by atoms with Gasteiger partial charge in [-0.3, -0.25) is 0 Å². The summed E-state index contributed by atoms with van der Waals surface area (Å²) in [4.78, 5) is 15.7. The summed E-state index contributed by atoms with van der Waals surface area (Å²) >= 11 is 3.55. The Labute approximate surface area is 133 Å². The number of thiophene rings is 2. The van der Waals surface area contributed by atoms with Crippen molar-refractivity contribution in [2.75, 3.05) is 27.2 Å². The van der Waals surface area contributed by atoms with Crippen LogP contribution in [0.4, 0.5) is 4.79 Å². The highest BCUT2D eigenvalue weighted by molar-refractivity contribution is 7.10. The maximum Gasteiger partial charge on any atom is 0.316 e. The number of carbonyl (C=O) groups is 1. The van der Waals surface area contributed by atoms with Crippen LogP contribution in [-0.4, -0.2) is 38.1 Å². The number of hydrogen-bond acceptors (Lipinski definition) is 4. The highest BCUT2D eigenvalue weighted by atomic mass is 32.1. The third-order valence-electron chi connectivity index (χ3n) is 3.07. The molecule has 0 aliphatic heterocycles. The predicted octanol–water partition coefficient (Wildman–Crippen LogP) is 2.95. The van der Waals surface area contributed by atoms with Gasteiger partial charge in [0.2, 0.25) is 0 Å². The van der Waals surface area contributed by atoms with Crippen molar-refractivity contribution >= 4 is 28.7 Å². The molecule has 2 N–H and O–H groups in total. The smallest absolute Gasteiger partial charge is 0.316 e. The average Bonchev–Trinajstić information content (AvgIpc) is 3.14. The Bertz CT molecular complexity index is 523. The number of nitrogens with one attached hydrogen (secondary N) is 2. The topological polar surface area (TPSA) is 44.4 Å². The first-order chi connectivity index (χ1) is 10.2. The molecule has 0 saturated heterocycles. The summed E-state index contributed by atoms with van der Waals surface area (Å²) in [6, 6.07) is 8.75. The maximum atomic E-state index is 11.5. The van der Waals surface area contributed by atoms with Crippen LogP contribution in [0, 0.1) is 0 Å². The van der Waals surface area contributed by atoms with Crippen molar-refractivity contribution in [1.82, 2.24) is 15.5 Å². The molecule has 0 spiro atoms. The molecular formula is C15H21N3OS2. The second kappa shape index (κ2) is 8.17. The summed E-state index contributed by atoms with van der Waals surface area (Å²) < 4.78 is 0. The lowest BCUT2D eigenvalue weighted by molar-refractivity contribution is 0.217. The van der Waals surface area contributed by atoms with Crippen molar-refractivity contribution in [3.8, 4) is 0 Å². The predicted molar refractivity (Wildman–Crippen MR) is 90.2 cm³/mol. The Hall–Kier alpha value is -1.37. The number of rotatable bonds is 7. The van der Waals surface area contributed by atoms with Crippen LogP contribution in [0.15, 0.2) is 35.0 Å². The largest absolute Gasteiger partial charge is 0.337 e. The van der Waals surface area contributed by atoms with Gasteiger partial charge in [0, 0.05) is 49.4 Å². The van der Waals surface area contributed by atoms with Crippen molar-refractivity contribution in [2.24, 2.45) is 0 Å². The Kier molecular flexibility index (Phi) is 6.22. The minimum Gasteiger partial charge on any atom is -0.337 e. The van der Waals surface area contributed by atoms with Gasteiger partial charge in [0.1, 0.15) is 0 Å². The fourth-order valence-electron chi connectivity index (χ4n) is 1.97. The van der Waals surface area contributed by atoms with Crippen LogP contribution in [-0.2, 0) is 6.42 Å². The normalized spacial score (nSPS) is 12.1. The van der Waals surface area contributed by atoms with E-state index in [0.29, 0.717) is 12.6 Å². The molecule has 2 heterocycles. The van der Waals surface area contributed by atoms with Gasteiger partial charge in [-0.2, -0.15) is 0 Å². The van der Waals surface area contributed by atoms with E-state index in [2.05, 4.69) is 45.7 Å².